The third kappa shape index (κ3) is 1.44. The molecule has 16 heavy (non-hydrogen) atoms. The van der Waals surface area contributed by atoms with Gasteiger partial charge in [0.15, 0.2) is 0 Å². The van der Waals surface area contributed by atoms with Crippen LogP contribution in [0.25, 0.3) is 22.2 Å². The average molecular weight is 273 g/mol. The second-order valence-electron chi connectivity index (χ2n) is 3.60. The molecule has 0 unspecified atom stereocenters. The van der Waals surface area contributed by atoms with Crippen molar-refractivity contribution in [3.8, 4) is 11.3 Å². The van der Waals surface area contributed by atoms with Crippen LogP contribution in [-0.4, -0.2) is 9.97 Å². The largest absolute Gasteiger partial charge is 0.353 e. The summed E-state index contributed by atoms with van der Waals surface area (Å²) in [5.41, 5.74) is 3.37. The Morgan fingerprint density at radius 1 is 1.06 bits per heavy atom. The molecule has 78 valence electrons. The van der Waals surface area contributed by atoms with Gasteiger partial charge in [0, 0.05) is 17.8 Å². The minimum absolute atomic E-state index is 1.07. The maximum atomic E-state index is 4.13. The molecule has 0 aliphatic rings. The van der Waals surface area contributed by atoms with E-state index in [1.54, 1.807) is 6.20 Å². The second-order valence-corrected chi connectivity index (χ2v) is 4.39. The lowest BCUT2D eigenvalue weighted by atomic mass is 10.1. The number of benzene rings is 1. The Bertz CT molecular complexity index is 629. The molecular formula is C13H9BrN2. The first-order valence-corrected chi connectivity index (χ1v) is 5.82. The molecule has 2 nitrogen and oxygen atoms in total. The van der Waals surface area contributed by atoms with Crippen LogP contribution in [0, 0.1) is 0 Å². The lowest BCUT2D eigenvalue weighted by Crippen LogP contribution is -1.76. The summed E-state index contributed by atoms with van der Waals surface area (Å²) in [5, 5.41) is 1.11. The van der Waals surface area contributed by atoms with E-state index in [-0.39, 0.29) is 0 Å². The van der Waals surface area contributed by atoms with Gasteiger partial charge in [0.25, 0.3) is 0 Å². The molecule has 3 rings (SSSR count). The van der Waals surface area contributed by atoms with E-state index in [4.69, 9.17) is 0 Å². The predicted molar refractivity (Wildman–Crippen MR) is 69.2 cm³/mol. The van der Waals surface area contributed by atoms with Crippen LogP contribution in [0.4, 0.5) is 0 Å². The second kappa shape index (κ2) is 3.76. The molecule has 0 fully saturated rings. The number of hydrogen-bond donors (Lipinski definition) is 1. The zero-order valence-corrected chi connectivity index (χ0v) is 10.0. The Kier molecular flexibility index (Phi) is 2.26. The van der Waals surface area contributed by atoms with Crippen molar-refractivity contribution < 1.29 is 0 Å². The van der Waals surface area contributed by atoms with Crippen molar-refractivity contribution in [1.82, 2.24) is 9.97 Å². The maximum Gasteiger partial charge on any atom is 0.0609 e. The molecule has 0 saturated heterocycles. The van der Waals surface area contributed by atoms with Crippen LogP contribution in [0.1, 0.15) is 0 Å². The van der Waals surface area contributed by atoms with Crippen molar-refractivity contribution in [3.05, 3.63) is 53.3 Å². The van der Waals surface area contributed by atoms with Gasteiger partial charge in [-0.1, -0.05) is 30.3 Å². The number of pyridine rings is 1. The molecule has 3 heteroatoms. The van der Waals surface area contributed by atoms with Crippen LogP contribution in [0.2, 0.25) is 0 Å². The Morgan fingerprint density at radius 2 is 1.88 bits per heavy atom. The Labute approximate surface area is 101 Å². The number of aromatic nitrogens is 2. The Morgan fingerprint density at radius 3 is 2.62 bits per heavy atom. The highest BCUT2D eigenvalue weighted by atomic mass is 79.9. The molecule has 0 amide bonds. The van der Waals surface area contributed by atoms with Crippen molar-refractivity contribution in [3.63, 3.8) is 0 Å². The maximum absolute atomic E-state index is 4.13. The molecule has 0 radical (unpaired) electrons. The number of fused-ring (bicyclic) bond motifs is 1. The summed E-state index contributed by atoms with van der Waals surface area (Å²) in [5.74, 6) is 0. The van der Waals surface area contributed by atoms with Gasteiger partial charge in [-0.2, -0.15) is 0 Å². The smallest absolute Gasteiger partial charge is 0.0609 e. The summed E-state index contributed by atoms with van der Waals surface area (Å²) in [6, 6.07) is 12.2. The summed E-state index contributed by atoms with van der Waals surface area (Å²) < 4.78 is 1.07. The molecule has 0 atom stereocenters. The van der Waals surface area contributed by atoms with Crippen molar-refractivity contribution in [2.45, 2.75) is 0 Å². The summed E-state index contributed by atoms with van der Waals surface area (Å²) in [7, 11) is 0. The first-order valence-electron chi connectivity index (χ1n) is 5.03. The Balaban J connectivity index is 2.29. The standard InChI is InChI=1S/C13H9BrN2/c14-12-10-8-15-7-6-11(10)16-13(12)9-4-2-1-3-5-9/h1-8,16H. The molecule has 0 saturated carbocycles. The third-order valence-corrected chi connectivity index (χ3v) is 3.42. The van der Waals surface area contributed by atoms with Crippen LogP contribution in [-0.2, 0) is 0 Å². The van der Waals surface area contributed by atoms with Gasteiger partial charge in [0.1, 0.15) is 0 Å². The third-order valence-electron chi connectivity index (χ3n) is 2.60. The van der Waals surface area contributed by atoms with E-state index >= 15 is 0 Å². The van der Waals surface area contributed by atoms with Crippen molar-refractivity contribution in [2.75, 3.05) is 0 Å². The van der Waals surface area contributed by atoms with Gasteiger partial charge in [-0.05, 0) is 27.6 Å². The van der Waals surface area contributed by atoms with Crippen molar-refractivity contribution in [1.29, 1.82) is 0 Å². The van der Waals surface area contributed by atoms with E-state index in [1.807, 2.05) is 30.5 Å². The van der Waals surface area contributed by atoms with E-state index in [2.05, 4.69) is 38.0 Å². The van der Waals surface area contributed by atoms with Crippen LogP contribution in [0.3, 0.4) is 0 Å². The van der Waals surface area contributed by atoms with Gasteiger partial charge in [-0.15, -0.1) is 0 Å². The van der Waals surface area contributed by atoms with E-state index in [1.165, 1.54) is 5.56 Å². The number of H-pyrrole nitrogens is 1. The number of nitrogens with one attached hydrogen (secondary N) is 1. The summed E-state index contributed by atoms with van der Waals surface area (Å²) >= 11 is 3.62. The van der Waals surface area contributed by atoms with Gasteiger partial charge in [-0.3, -0.25) is 4.98 Å². The fourth-order valence-electron chi connectivity index (χ4n) is 1.81. The van der Waals surface area contributed by atoms with Crippen LogP contribution < -0.4 is 0 Å². The van der Waals surface area contributed by atoms with Gasteiger partial charge in [0.2, 0.25) is 0 Å². The molecule has 0 aliphatic carbocycles. The van der Waals surface area contributed by atoms with Crippen LogP contribution in [0.5, 0.6) is 0 Å². The highest BCUT2D eigenvalue weighted by Crippen LogP contribution is 2.33. The zero-order valence-electron chi connectivity index (χ0n) is 8.44. The van der Waals surface area contributed by atoms with Gasteiger partial charge in [-0.25, -0.2) is 0 Å². The van der Waals surface area contributed by atoms with Gasteiger partial charge in [0.05, 0.1) is 15.7 Å². The number of rotatable bonds is 1. The normalized spacial score (nSPS) is 10.8. The van der Waals surface area contributed by atoms with Gasteiger partial charge >= 0.3 is 0 Å². The number of halogens is 1. The van der Waals surface area contributed by atoms with E-state index < -0.39 is 0 Å². The number of aromatic amines is 1. The quantitative estimate of drug-likeness (QED) is 0.713. The first kappa shape index (κ1) is 9.60. The minimum Gasteiger partial charge on any atom is -0.353 e. The van der Waals surface area contributed by atoms with E-state index in [0.29, 0.717) is 0 Å². The fraction of sp³-hybridized carbons (Fsp3) is 0. The highest BCUT2D eigenvalue weighted by Gasteiger charge is 2.09. The molecule has 1 N–H and O–H groups in total. The molecular weight excluding hydrogens is 264 g/mol. The summed E-state index contributed by atoms with van der Waals surface area (Å²) in [4.78, 5) is 7.52. The van der Waals surface area contributed by atoms with Crippen LogP contribution >= 0.6 is 15.9 Å². The average Bonchev–Trinajstić information content (AvgIpc) is 2.69. The molecule has 2 heterocycles. The SMILES string of the molecule is Brc1c(-c2ccccc2)[nH]c2ccncc12. The minimum atomic E-state index is 1.07. The number of hydrogen-bond acceptors (Lipinski definition) is 1. The van der Waals surface area contributed by atoms with Gasteiger partial charge < -0.3 is 4.98 Å². The highest BCUT2D eigenvalue weighted by molar-refractivity contribution is 9.10. The summed E-state index contributed by atoms with van der Waals surface area (Å²) in [6.45, 7) is 0. The molecule has 0 aliphatic heterocycles. The first-order chi connectivity index (χ1) is 7.86. The molecule has 1 aromatic carbocycles. The summed E-state index contributed by atoms with van der Waals surface area (Å²) in [6.07, 6.45) is 3.66. The lowest BCUT2D eigenvalue weighted by molar-refractivity contribution is 1.36. The Hall–Kier alpha value is -1.61. The molecule has 0 spiro atoms. The predicted octanol–water partition coefficient (Wildman–Crippen LogP) is 3.99. The van der Waals surface area contributed by atoms with Crippen molar-refractivity contribution in [2.24, 2.45) is 0 Å². The topological polar surface area (TPSA) is 28.7 Å². The monoisotopic (exact) mass is 272 g/mol. The van der Waals surface area contributed by atoms with Crippen LogP contribution in [0.15, 0.2) is 53.3 Å². The molecule has 3 aromatic rings. The molecule has 2 aromatic heterocycles. The zero-order chi connectivity index (χ0) is 11.0. The fourth-order valence-corrected chi connectivity index (χ4v) is 2.45. The lowest BCUT2D eigenvalue weighted by Gasteiger charge is -1.97. The van der Waals surface area contributed by atoms with E-state index in [0.717, 1.165) is 21.1 Å². The van der Waals surface area contributed by atoms with Crippen molar-refractivity contribution >= 4 is 26.8 Å². The molecule has 0 bridgehead atoms. The van der Waals surface area contributed by atoms with E-state index in [9.17, 15) is 0 Å². The number of nitrogens with zero attached hydrogens (tertiary/aromatic N) is 1.